The van der Waals surface area contributed by atoms with E-state index in [4.69, 9.17) is 14.7 Å². The molecule has 0 amide bonds. The third-order valence-corrected chi connectivity index (χ3v) is 4.00. The zero-order valence-electron chi connectivity index (χ0n) is 14.7. The highest BCUT2D eigenvalue weighted by molar-refractivity contribution is 6.16. The molecule has 1 heterocycles. The van der Waals surface area contributed by atoms with Crippen LogP contribution in [0.4, 0.5) is 0 Å². The molecule has 0 radical (unpaired) electrons. The number of carbonyl (C=O) groups is 1. The van der Waals surface area contributed by atoms with Crippen LogP contribution < -0.4 is 4.74 Å². The lowest BCUT2D eigenvalue weighted by Crippen LogP contribution is -2.09. The van der Waals surface area contributed by atoms with E-state index in [0.717, 1.165) is 17.3 Å². The Hall–Kier alpha value is -3.13. The molecule has 0 saturated heterocycles. The molecular formula is C21H20N2O3. The van der Waals surface area contributed by atoms with Crippen LogP contribution in [0.1, 0.15) is 36.5 Å². The van der Waals surface area contributed by atoms with Crippen molar-refractivity contribution in [3.05, 3.63) is 48.0 Å². The van der Waals surface area contributed by atoms with Crippen molar-refractivity contribution in [2.75, 3.05) is 13.2 Å². The van der Waals surface area contributed by atoms with Crippen molar-refractivity contribution in [3.63, 3.8) is 0 Å². The summed E-state index contributed by atoms with van der Waals surface area (Å²) in [5.74, 6) is 0.214. The SMILES string of the molecule is CCCOc1cccc2nc3ccccc3c(C(=O)OCCCC#N)c12. The average Bonchev–Trinajstić information content (AvgIpc) is 2.67. The van der Waals surface area contributed by atoms with Crippen LogP contribution in [0.25, 0.3) is 21.8 Å². The Labute approximate surface area is 152 Å². The highest BCUT2D eigenvalue weighted by Crippen LogP contribution is 2.33. The van der Waals surface area contributed by atoms with Crippen molar-refractivity contribution in [1.82, 2.24) is 4.98 Å². The van der Waals surface area contributed by atoms with Gasteiger partial charge in [0.1, 0.15) is 5.75 Å². The fraction of sp³-hybridized carbons (Fsp3) is 0.286. The Kier molecular flexibility index (Phi) is 5.65. The number of hydrogen-bond donors (Lipinski definition) is 0. The largest absolute Gasteiger partial charge is 0.493 e. The molecule has 2 aromatic carbocycles. The number of ether oxygens (including phenoxy) is 2. The normalized spacial score (nSPS) is 10.6. The first-order chi connectivity index (χ1) is 12.8. The summed E-state index contributed by atoms with van der Waals surface area (Å²) >= 11 is 0. The number of esters is 1. The van der Waals surface area contributed by atoms with Gasteiger partial charge >= 0.3 is 5.97 Å². The molecule has 0 N–H and O–H groups in total. The number of fused-ring (bicyclic) bond motifs is 2. The molecule has 0 aliphatic carbocycles. The Morgan fingerprint density at radius 3 is 2.73 bits per heavy atom. The molecule has 0 aliphatic rings. The molecule has 0 unspecified atom stereocenters. The van der Waals surface area contributed by atoms with Gasteiger partial charge in [-0.1, -0.05) is 31.2 Å². The molecule has 0 atom stereocenters. The Morgan fingerprint density at radius 1 is 1.12 bits per heavy atom. The lowest BCUT2D eigenvalue weighted by Gasteiger charge is -2.14. The number of carbonyl (C=O) groups excluding carboxylic acids is 1. The van der Waals surface area contributed by atoms with Crippen molar-refractivity contribution < 1.29 is 14.3 Å². The number of nitrogens with zero attached hydrogens (tertiary/aromatic N) is 2. The number of rotatable bonds is 7. The number of hydrogen-bond acceptors (Lipinski definition) is 5. The molecule has 0 saturated carbocycles. The zero-order chi connectivity index (χ0) is 18.4. The van der Waals surface area contributed by atoms with Crippen LogP contribution in [0, 0.1) is 11.3 Å². The van der Waals surface area contributed by atoms with Gasteiger partial charge < -0.3 is 9.47 Å². The van der Waals surface area contributed by atoms with Gasteiger partial charge in [0, 0.05) is 11.8 Å². The van der Waals surface area contributed by atoms with Crippen LogP contribution >= 0.6 is 0 Å². The Balaban J connectivity index is 2.14. The van der Waals surface area contributed by atoms with Gasteiger partial charge in [-0.25, -0.2) is 9.78 Å². The van der Waals surface area contributed by atoms with Gasteiger partial charge in [-0.15, -0.1) is 0 Å². The van der Waals surface area contributed by atoms with Gasteiger partial charge in [0.25, 0.3) is 0 Å². The van der Waals surface area contributed by atoms with Crippen LogP contribution in [0.5, 0.6) is 5.75 Å². The second kappa shape index (κ2) is 8.30. The number of nitriles is 1. The number of pyridine rings is 1. The van der Waals surface area contributed by atoms with E-state index in [1.54, 1.807) is 0 Å². The first-order valence-corrected chi connectivity index (χ1v) is 8.74. The average molecular weight is 348 g/mol. The molecule has 3 aromatic rings. The summed E-state index contributed by atoms with van der Waals surface area (Å²) in [5.41, 5.74) is 1.90. The zero-order valence-corrected chi connectivity index (χ0v) is 14.7. The predicted octanol–water partition coefficient (Wildman–Crippen LogP) is 4.64. The van der Waals surface area contributed by atoms with Gasteiger partial charge in [0.15, 0.2) is 0 Å². The van der Waals surface area contributed by atoms with Crippen LogP contribution in [0.15, 0.2) is 42.5 Å². The lowest BCUT2D eigenvalue weighted by molar-refractivity contribution is 0.0506. The summed E-state index contributed by atoms with van der Waals surface area (Å²) in [7, 11) is 0. The number of benzene rings is 2. The van der Waals surface area contributed by atoms with Crippen LogP contribution in [0.3, 0.4) is 0 Å². The van der Waals surface area contributed by atoms with Gasteiger partial charge in [0.05, 0.1) is 41.3 Å². The summed E-state index contributed by atoms with van der Waals surface area (Å²) in [5, 5.41) is 10.0. The molecule has 5 heteroatoms. The van der Waals surface area contributed by atoms with Gasteiger partial charge in [-0.3, -0.25) is 0 Å². The van der Waals surface area contributed by atoms with E-state index in [1.807, 2.05) is 49.4 Å². The summed E-state index contributed by atoms with van der Waals surface area (Å²) in [6, 6.07) is 15.1. The van der Waals surface area contributed by atoms with Crippen LogP contribution in [0.2, 0.25) is 0 Å². The minimum atomic E-state index is -0.418. The van der Waals surface area contributed by atoms with Crippen molar-refractivity contribution in [2.24, 2.45) is 0 Å². The topological polar surface area (TPSA) is 72.2 Å². The van der Waals surface area contributed by atoms with Crippen molar-refractivity contribution in [2.45, 2.75) is 26.2 Å². The highest BCUT2D eigenvalue weighted by atomic mass is 16.5. The third-order valence-electron chi connectivity index (χ3n) is 4.00. The molecule has 0 bridgehead atoms. The van der Waals surface area contributed by atoms with Gasteiger partial charge in [-0.05, 0) is 31.0 Å². The Bertz CT molecular complexity index is 976. The minimum Gasteiger partial charge on any atom is -0.493 e. The predicted molar refractivity (Wildman–Crippen MR) is 100 cm³/mol. The van der Waals surface area contributed by atoms with Crippen molar-refractivity contribution in [3.8, 4) is 11.8 Å². The van der Waals surface area contributed by atoms with E-state index in [-0.39, 0.29) is 6.61 Å². The molecule has 1 aromatic heterocycles. The first-order valence-electron chi connectivity index (χ1n) is 8.74. The van der Waals surface area contributed by atoms with E-state index in [9.17, 15) is 4.79 Å². The molecular weight excluding hydrogens is 328 g/mol. The monoisotopic (exact) mass is 348 g/mol. The first kappa shape index (κ1) is 17.7. The van der Waals surface area contributed by atoms with E-state index < -0.39 is 5.97 Å². The second-order valence-electron chi connectivity index (χ2n) is 5.90. The number of para-hydroxylation sites is 1. The number of aromatic nitrogens is 1. The van der Waals surface area contributed by atoms with Crippen molar-refractivity contribution in [1.29, 1.82) is 5.26 Å². The van der Waals surface area contributed by atoms with Gasteiger partial charge in [-0.2, -0.15) is 5.26 Å². The molecule has 5 nitrogen and oxygen atoms in total. The van der Waals surface area contributed by atoms with Gasteiger partial charge in [0.2, 0.25) is 0 Å². The number of unbranched alkanes of at least 4 members (excludes halogenated alkanes) is 1. The highest BCUT2D eigenvalue weighted by Gasteiger charge is 2.20. The Morgan fingerprint density at radius 2 is 1.92 bits per heavy atom. The standard InChI is InChI=1S/C21H20N2O3/c1-2-13-25-18-11-7-10-17-20(18)19(21(24)26-14-6-5-12-22)15-8-3-4-9-16(15)23-17/h3-4,7-11H,2,5-6,13-14H2,1H3. The smallest absolute Gasteiger partial charge is 0.339 e. The summed E-state index contributed by atoms with van der Waals surface area (Å²) in [4.78, 5) is 17.5. The van der Waals surface area contributed by atoms with Crippen LogP contribution in [-0.2, 0) is 4.74 Å². The fourth-order valence-corrected chi connectivity index (χ4v) is 2.84. The van der Waals surface area contributed by atoms with E-state index in [0.29, 0.717) is 41.7 Å². The molecule has 0 aliphatic heterocycles. The maximum absolute atomic E-state index is 12.9. The molecule has 0 fully saturated rings. The van der Waals surface area contributed by atoms with Crippen molar-refractivity contribution >= 4 is 27.8 Å². The fourth-order valence-electron chi connectivity index (χ4n) is 2.84. The lowest BCUT2D eigenvalue weighted by atomic mass is 10.0. The molecule has 0 spiro atoms. The maximum atomic E-state index is 12.9. The molecule has 132 valence electrons. The van der Waals surface area contributed by atoms with Crippen LogP contribution in [-0.4, -0.2) is 24.2 Å². The van der Waals surface area contributed by atoms with E-state index in [2.05, 4.69) is 11.1 Å². The third kappa shape index (κ3) is 3.60. The molecule has 26 heavy (non-hydrogen) atoms. The second-order valence-corrected chi connectivity index (χ2v) is 5.90. The summed E-state index contributed by atoms with van der Waals surface area (Å²) in [6.45, 7) is 2.80. The summed E-state index contributed by atoms with van der Waals surface area (Å²) < 4.78 is 11.3. The van der Waals surface area contributed by atoms with E-state index in [1.165, 1.54) is 0 Å². The summed E-state index contributed by atoms with van der Waals surface area (Å²) in [6.07, 6.45) is 1.74. The molecule has 3 rings (SSSR count). The minimum absolute atomic E-state index is 0.211. The quantitative estimate of drug-likeness (QED) is 0.353. The maximum Gasteiger partial charge on any atom is 0.339 e. The van der Waals surface area contributed by atoms with E-state index >= 15 is 0 Å².